The maximum atomic E-state index is 12.7. The number of likely N-dealkylation sites (tertiary alicyclic amines) is 1. The first kappa shape index (κ1) is 17.5. The summed E-state index contributed by atoms with van der Waals surface area (Å²) in [6.45, 7) is 8.87. The van der Waals surface area contributed by atoms with Crippen molar-refractivity contribution in [2.45, 2.75) is 20.3 Å². The summed E-state index contributed by atoms with van der Waals surface area (Å²) in [6.07, 6.45) is 0.389. The van der Waals surface area contributed by atoms with Crippen LogP contribution >= 0.6 is 15.9 Å². The quantitative estimate of drug-likeness (QED) is 0.802. The van der Waals surface area contributed by atoms with Crippen molar-refractivity contribution in [3.8, 4) is 11.5 Å². The molecule has 2 saturated heterocycles. The minimum Gasteiger partial charge on any atom is -0.490 e. The predicted octanol–water partition coefficient (Wildman–Crippen LogP) is 2.47. The Kier molecular flexibility index (Phi) is 5.66. The molecule has 2 heterocycles. The summed E-state index contributed by atoms with van der Waals surface area (Å²) in [4.78, 5) is 14.7. The number of hydrogen-bond acceptors (Lipinski definition) is 4. The predicted molar refractivity (Wildman–Crippen MR) is 96.6 cm³/mol. The molecule has 5 nitrogen and oxygen atoms in total. The van der Waals surface area contributed by atoms with E-state index in [-0.39, 0.29) is 5.91 Å². The van der Waals surface area contributed by atoms with Gasteiger partial charge in [0, 0.05) is 30.7 Å². The third-order valence-corrected chi connectivity index (χ3v) is 5.53. The zero-order chi connectivity index (χ0) is 17.1. The molecule has 1 aromatic carbocycles. The molecule has 132 valence electrons. The van der Waals surface area contributed by atoms with Crippen molar-refractivity contribution in [2.24, 2.45) is 11.8 Å². The Morgan fingerprint density at radius 1 is 1.17 bits per heavy atom. The van der Waals surface area contributed by atoms with Gasteiger partial charge in [-0.1, -0.05) is 15.9 Å². The second kappa shape index (κ2) is 7.74. The first-order chi connectivity index (χ1) is 11.6. The van der Waals surface area contributed by atoms with Crippen molar-refractivity contribution in [3.05, 3.63) is 22.2 Å². The molecule has 0 aliphatic carbocycles. The molecule has 24 heavy (non-hydrogen) atoms. The number of carbonyl (C=O) groups excluding carboxylic acids is 1. The van der Waals surface area contributed by atoms with E-state index >= 15 is 0 Å². The summed E-state index contributed by atoms with van der Waals surface area (Å²) < 4.78 is 12.2. The Hall–Kier alpha value is -1.27. The SMILES string of the molecule is CCOc1cc(Br)c(CC(=O)N2C[C@H]3CNC[C@H]3C2)cc1OCC. The van der Waals surface area contributed by atoms with Crippen LogP contribution in [0, 0.1) is 11.8 Å². The molecule has 0 spiro atoms. The largest absolute Gasteiger partial charge is 0.490 e. The van der Waals surface area contributed by atoms with Gasteiger partial charge in [0.1, 0.15) is 0 Å². The van der Waals surface area contributed by atoms with Gasteiger partial charge in [-0.2, -0.15) is 0 Å². The average molecular weight is 397 g/mol. The third kappa shape index (κ3) is 3.70. The van der Waals surface area contributed by atoms with Crippen LogP contribution in [0.15, 0.2) is 16.6 Å². The van der Waals surface area contributed by atoms with Crippen LogP contribution in [0.1, 0.15) is 19.4 Å². The molecule has 6 heteroatoms. The second-order valence-electron chi connectivity index (χ2n) is 6.41. The van der Waals surface area contributed by atoms with Gasteiger partial charge in [-0.15, -0.1) is 0 Å². The van der Waals surface area contributed by atoms with Crippen molar-refractivity contribution in [1.29, 1.82) is 0 Å². The molecular formula is C18H25BrN2O3. The standard InChI is InChI=1S/C18H25BrN2O3/c1-3-23-16-5-12(15(19)7-17(16)24-4-2)6-18(22)21-10-13-8-20-9-14(13)11-21/h5,7,13-14,20H,3-4,6,8-11H2,1-2H3/t13-,14+. The van der Waals surface area contributed by atoms with E-state index < -0.39 is 0 Å². The first-order valence-electron chi connectivity index (χ1n) is 8.68. The smallest absolute Gasteiger partial charge is 0.227 e. The summed E-state index contributed by atoms with van der Waals surface area (Å²) in [5, 5.41) is 3.41. The molecule has 3 rings (SSSR count). The number of rotatable bonds is 6. The van der Waals surface area contributed by atoms with Crippen LogP contribution in [0.25, 0.3) is 0 Å². The highest BCUT2D eigenvalue weighted by molar-refractivity contribution is 9.10. The molecule has 2 fully saturated rings. The Morgan fingerprint density at radius 3 is 2.33 bits per heavy atom. The average Bonchev–Trinajstić information content (AvgIpc) is 3.13. The molecule has 0 saturated carbocycles. The molecule has 1 aromatic rings. The van der Waals surface area contributed by atoms with Gasteiger partial charge in [-0.3, -0.25) is 4.79 Å². The number of halogens is 1. The van der Waals surface area contributed by atoms with Crippen molar-refractivity contribution in [2.75, 3.05) is 39.4 Å². The molecule has 0 bridgehead atoms. The normalized spacial score (nSPS) is 22.5. The molecule has 0 aromatic heterocycles. The zero-order valence-corrected chi connectivity index (χ0v) is 15.9. The Labute approximate surface area is 151 Å². The van der Waals surface area contributed by atoms with Gasteiger partial charge in [0.25, 0.3) is 0 Å². The molecule has 1 amide bonds. The zero-order valence-electron chi connectivity index (χ0n) is 14.3. The number of nitrogens with zero attached hydrogens (tertiary/aromatic N) is 1. The molecular weight excluding hydrogens is 372 g/mol. The molecule has 2 atom stereocenters. The summed E-state index contributed by atoms with van der Waals surface area (Å²) in [7, 11) is 0. The monoisotopic (exact) mass is 396 g/mol. The van der Waals surface area contributed by atoms with Gasteiger partial charge < -0.3 is 19.7 Å². The first-order valence-corrected chi connectivity index (χ1v) is 9.48. The molecule has 0 unspecified atom stereocenters. The maximum Gasteiger partial charge on any atom is 0.227 e. The summed E-state index contributed by atoms with van der Waals surface area (Å²) in [5.41, 5.74) is 0.946. The molecule has 0 radical (unpaired) electrons. The van der Waals surface area contributed by atoms with Crippen LogP contribution < -0.4 is 14.8 Å². The minimum absolute atomic E-state index is 0.191. The van der Waals surface area contributed by atoms with Gasteiger partial charge in [-0.25, -0.2) is 0 Å². The van der Waals surface area contributed by atoms with Crippen molar-refractivity contribution in [1.82, 2.24) is 10.2 Å². The fourth-order valence-electron chi connectivity index (χ4n) is 3.58. The number of fused-ring (bicyclic) bond motifs is 1. The van der Waals surface area contributed by atoms with Crippen LogP contribution in [-0.2, 0) is 11.2 Å². The van der Waals surface area contributed by atoms with E-state index in [1.165, 1.54) is 0 Å². The molecule has 2 aliphatic heterocycles. The number of amides is 1. The van der Waals surface area contributed by atoms with Crippen LogP contribution in [0.3, 0.4) is 0 Å². The minimum atomic E-state index is 0.191. The Balaban J connectivity index is 1.72. The van der Waals surface area contributed by atoms with Crippen LogP contribution in [-0.4, -0.2) is 50.2 Å². The summed E-state index contributed by atoms with van der Waals surface area (Å²) in [6, 6.07) is 3.83. The fraction of sp³-hybridized carbons (Fsp3) is 0.611. The van der Waals surface area contributed by atoms with E-state index in [9.17, 15) is 4.79 Å². The lowest BCUT2D eigenvalue weighted by Gasteiger charge is -2.19. The van der Waals surface area contributed by atoms with Crippen LogP contribution in [0.5, 0.6) is 11.5 Å². The number of carbonyl (C=O) groups is 1. The van der Waals surface area contributed by atoms with Crippen molar-refractivity contribution >= 4 is 21.8 Å². The van der Waals surface area contributed by atoms with Crippen LogP contribution in [0.4, 0.5) is 0 Å². The van der Waals surface area contributed by atoms with E-state index in [1.54, 1.807) is 0 Å². The lowest BCUT2D eigenvalue weighted by molar-refractivity contribution is -0.129. The number of nitrogens with one attached hydrogen (secondary N) is 1. The fourth-order valence-corrected chi connectivity index (χ4v) is 4.05. The lowest BCUT2D eigenvalue weighted by atomic mass is 10.0. The second-order valence-corrected chi connectivity index (χ2v) is 7.26. The highest BCUT2D eigenvalue weighted by Crippen LogP contribution is 2.35. The van der Waals surface area contributed by atoms with Gasteiger partial charge in [-0.05, 0) is 43.4 Å². The van der Waals surface area contributed by atoms with Gasteiger partial charge >= 0.3 is 0 Å². The lowest BCUT2D eigenvalue weighted by Crippen LogP contribution is -2.33. The molecule has 2 aliphatic rings. The van der Waals surface area contributed by atoms with Crippen LogP contribution in [0.2, 0.25) is 0 Å². The Bertz CT molecular complexity index is 596. The molecule has 1 N–H and O–H groups in total. The number of ether oxygens (including phenoxy) is 2. The third-order valence-electron chi connectivity index (χ3n) is 4.80. The van der Waals surface area contributed by atoms with Crippen molar-refractivity contribution in [3.63, 3.8) is 0 Å². The Morgan fingerprint density at radius 2 is 1.75 bits per heavy atom. The summed E-state index contributed by atoms with van der Waals surface area (Å²) in [5.74, 6) is 2.85. The van der Waals surface area contributed by atoms with E-state index in [0.717, 1.165) is 36.2 Å². The highest BCUT2D eigenvalue weighted by Gasteiger charge is 2.37. The van der Waals surface area contributed by atoms with E-state index in [4.69, 9.17) is 9.47 Å². The topological polar surface area (TPSA) is 50.8 Å². The van der Waals surface area contributed by atoms with Gasteiger partial charge in [0.05, 0.1) is 19.6 Å². The van der Waals surface area contributed by atoms with Gasteiger partial charge in [0.15, 0.2) is 11.5 Å². The maximum absolute atomic E-state index is 12.7. The number of benzene rings is 1. The van der Waals surface area contributed by atoms with E-state index in [1.807, 2.05) is 30.9 Å². The van der Waals surface area contributed by atoms with E-state index in [2.05, 4.69) is 21.2 Å². The highest BCUT2D eigenvalue weighted by atomic mass is 79.9. The van der Waals surface area contributed by atoms with Crippen molar-refractivity contribution < 1.29 is 14.3 Å². The van der Waals surface area contributed by atoms with Gasteiger partial charge in [0.2, 0.25) is 5.91 Å². The number of hydrogen-bond donors (Lipinski definition) is 1. The summed E-state index contributed by atoms with van der Waals surface area (Å²) >= 11 is 3.57. The van der Waals surface area contributed by atoms with E-state index in [0.29, 0.717) is 43.0 Å².